The van der Waals surface area contributed by atoms with E-state index in [9.17, 15) is 0 Å². The quantitative estimate of drug-likeness (QED) is 0.838. The largest absolute Gasteiger partial charge is 0.399 e. The minimum Gasteiger partial charge on any atom is -0.399 e. The van der Waals surface area contributed by atoms with E-state index in [0.717, 1.165) is 24.3 Å². The molecule has 0 saturated carbocycles. The van der Waals surface area contributed by atoms with Crippen molar-refractivity contribution in [2.75, 3.05) is 17.2 Å². The molecule has 0 radical (unpaired) electrons. The highest BCUT2D eigenvalue weighted by molar-refractivity contribution is 5.52. The van der Waals surface area contributed by atoms with Crippen molar-refractivity contribution < 1.29 is 0 Å². The molecule has 2 rings (SSSR count). The van der Waals surface area contributed by atoms with Crippen molar-refractivity contribution in [1.82, 2.24) is 0 Å². The van der Waals surface area contributed by atoms with Gasteiger partial charge in [0.2, 0.25) is 0 Å². The van der Waals surface area contributed by atoms with Crippen LogP contribution in [0.3, 0.4) is 0 Å². The summed E-state index contributed by atoms with van der Waals surface area (Å²) in [6.45, 7) is 8.22. The SMILES string of the molecule is CCN(Cc1ccc(C)c(N)c1)c1cccc(C)c1. The fourth-order valence-electron chi connectivity index (χ4n) is 2.22. The topological polar surface area (TPSA) is 29.3 Å². The van der Waals surface area contributed by atoms with Gasteiger partial charge in [-0.15, -0.1) is 0 Å². The van der Waals surface area contributed by atoms with Gasteiger partial charge in [-0.1, -0.05) is 24.3 Å². The van der Waals surface area contributed by atoms with Crippen LogP contribution in [0.1, 0.15) is 23.6 Å². The molecule has 2 heteroatoms. The Morgan fingerprint density at radius 2 is 1.84 bits per heavy atom. The zero-order chi connectivity index (χ0) is 13.8. The van der Waals surface area contributed by atoms with Gasteiger partial charge in [-0.3, -0.25) is 0 Å². The van der Waals surface area contributed by atoms with Crippen molar-refractivity contribution in [3.63, 3.8) is 0 Å². The molecule has 0 saturated heterocycles. The number of benzene rings is 2. The molecule has 0 unspecified atom stereocenters. The van der Waals surface area contributed by atoms with Gasteiger partial charge in [0.25, 0.3) is 0 Å². The highest BCUT2D eigenvalue weighted by Gasteiger charge is 2.06. The molecule has 0 fully saturated rings. The van der Waals surface area contributed by atoms with Gasteiger partial charge in [-0.2, -0.15) is 0 Å². The van der Waals surface area contributed by atoms with Gasteiger partial charge < -0.3 is 10.6 Å². The summed E-state index contributed by atoms with van der Waals surface area (Å²) in [5.74, 6) is 0. The maximum atomic E-state index is 5.98. The third kappa shape index (κ3) is 3.28. The van der Waals surface area contributed by atoms with Crippen molar-refractivity contribution in [2.24, 2.45) is 0 Å². The third-order valence-corrected chi connectivity index (χ3v) is 3.47. The Morgan fingerprint density at radius 3 is 2.47 bits per heavy atom. The van der Waals surface area contributed by atoms with Crippen LogP contribution in [-0.4, -0.2) is 6.54 Å². The first-order valence-electron chi connectivity index (χ1n) is 6.76. The van der Waals surface area contributed by atoms with E-state index < -0.39 is 0 Å². The molecule has 2 aromatic carbocycles. The van der Waals surface area contributed by atoms with Crippen molar-refractivity contribution >= 4 is 11.4 Å². The van der Waals surface area contributed by atoms with Crippen LogP contribution in [0.4, 0.5) is 11.4 Å². The molecule has 0 aliphatic carbocycles. The van der Waals surface area contributed by atoms with Crippen LogP contribution < -0.4 is 10.6 Å². The number of hydrogen-bond acceptors (Lipinski definition) is 2. The highest BCUT2D eigenvalue weighted by Crippen LogP contribution is 2.20. The van der Waals surface area contributed by atoms with Crippen LogP contribution in [0.2, 0.25) is 0 Å². The van der Waals surface area contributed by atoms with Crippen LogP contribution in [0.25, 0.3) is 0 Å². The minimum atomic E-state index is 0.873. The van der Waals surface area contributed by atoms with E-state index in [1.165, 1.54) is 16.8 Å². The zero-order valence-electron chi connectivity index (χ0n) is 12.0. The Kier molecular flexibility index (Phi) is 4.10. The van der Waals surface area contributed by atoms with E-state index in [4.69, 9.17) is 5.73 Å². The fourth-order valence-corrected chi connectivity index (χ4v) is 2.22. The van der Waals surface area contributed by atoms with Crippen molar-refractivity contribution in [3.05, 3.63) is 59.2 Å². The van der Waals surface area contributed by atoms with E-state index in [1.807, 2.05) is 6.92 Å². The van der Waals surface area contributed by atoms with Crippen LogP contribution in [0, 0.1) is 13.8 Å². The Morgan fingerprint density at radius 1 is 1.05 bits per heavy atom. The van der Waals surface area contributed by atoms with Gasteiger partial charge in [0.05, 0.1) is 0 Å². The Hall–Kier alpha value is -1.96. The summed E-state index contributed by atoms with van der Waals surface area (Å²) in [6, 6.07) is 14.9. The third-order valence-electron chi connectivity index (χ3n) is 3.47. The van der Waals surface area contributed by atoms with Crippen molar-refractivity contribution in [1.29, 1.82) is 0 Å². The normalized spacial score (nSPS) is 10.5. The average Bonchev–Trinajstić information content (AvgIpc) is 2.40. The molecule has 0 atom stereocenters. The molecular weight excluding hydrogens is 232 g/mol. The molecule has 2 N–H and O–H groups in total. The second kappa shape index (κ2) is 5.79. The summed E-state index contributed by atoms with van der Waals surface area (Å²) in [5.41, 5.74) is 11.8. The van der Waals surface area contributed by atoms with E-state index in [0.29, 0.717) is 0 Å². The lowest BCUT2D eigenvalue weighted by atomic mass is 10.1. The second-order valence-corrected chi connectivity index (χ2v) is 5.04. The van der Waals surface area contributed by atoms with Gasteiger partial charge in [-0.25, -0.2) is 0 Å². The van der Waals surface area contributed by atoms with Gasteiger partial charge in [0.15, 0.2) is 0 Å². The summed E-state index contributed by atoms with van der Waals surface area (Å²) in [5, 5.41) is 0. The van der Waals surface area contributed by atoms with E-state index in [-0.39, 0.29) is 0 Å². The van der Waals surface area contributed by atoms with Crippen LogP contribution in [0.5, 0.6) is 0 Å². The summed E-state index contributed by atoms with van der Waals surface area (Å²) in [4.78, 5) is 2.36. The number of nitrogen functional groups attached to an aromatic ring is 1. The molecule has 0 bridgehead atoms. The van der Waals surface area contributed by atoms with Crippen LogP contribution in [-0.2, 0) is 6.54 Å². The average molecular weight is 254 g/mol. The number of anilines is 2. The second-order valence-electron chi connectivity index (χ2n) is 5.04. The summed E-state index contributed by atoms with van der Waals surface area (Å²) >= 11 is 0. The smallest absolute Gasteiger partial charge is 0.0430 e. The van der Waals surface area contributed by atoms with E-state index >= 15 is 0 Å². The lowest BCUT2D eigenvalue weighted by Crippen LogP contribution is -2.22. The molecule has 0 amide bonds. The highest BCUT2D eigenvalue weighted by atomic mass is 15.1. The summed E-state index contributed by atoms with van der Waals surface area (Å²) in [7, 11) is 0. The molecule has 2 nitrogen and oxygen atoms in total. The first-order chi connectivity index (χ1) is 9.10. The van der Waals surface area contributed by atoms with E-state index in [2.05, 4.69) is 61.2 Å². The first kappa shape index (κ1) is 13.5. The lowest BCUT2D eigenvalue weighted by molar-refractivity contribution is 0.831. The van der Waals surface area contributed by atoms with Crippen molar-refractivity contribution in [3.8, 4) is 0 Å². The minimum absolute atomic E-state index is 0.873. The Bertz CT molecular complexity index is 561. The number of hydrogen-bond donors (Lipinski definition) is 1. The molecule has 0 aliphatic heterocycles. The number of aryl methyl sites for hydroxylation is 2. The number of nitrogens with two attached hydrogens (primary N) is 1. The lowest BCUT2D eigenvalue weighted by Gasteiger charge is -2.24. The standard InChI is InChI=1S/C17H22N2/c1-4-19(16-7-5-6-13(2)10-16)12-15-9-8-14(3)17(18)11-15/h5-11H,4,12,18H2,1-3H3. The fraction of sp³-hybridized carbons (Fsp3) is 0.294. The van der Waals surface area contributed by atoms with Crippen molar-refractivity contribution in [2.45, 2.75) is 27.3 Å². The van der Waals surface area contributed by atoms with Gasteiger partial charge >= 0.3 is 0 Å². The van der Waals surface area contributed by atoms with Gasteiger partial charge in [0.1, 0.15) is 0 Å². The Balaban J connectivity index is 2.21. The molecule has 19 heavy (non-hydrogen) atoms. The molecule has 2 aromatic rings. The molecule has 0 aromatic heterocycles. The molecule has 0 spiro atoms. The number of rotatable bonds is 4. The predicted molar refractivity (Wildman–Crippen MR) is 83.5 cm³/mol. The molecule has 100 valence electrons. The molecule has 0 aliphatic rings. The molecule has 0 heterocycles. The Labute approximate surface area is 115 Å². The van der Waals surface area contributed by atoms with Crippen LogP contribution in [0.15, 0.2) is 42.5 Å². The van der Waals surface area contributed by atoms with E-state index in [1.54, 1.807) is 0 Å². The van der Waals surface area contributed by atoms with Crippen LogP contribution >= 0.6 is 0 Å². The zero-order valence-corrected chi connectivity index (χ0v) is 12.0. The monoisotopic (exact) mass is 254 g/mol. The van der Waals surface area contributed by atoms with Gasteiger partial charge in [-0.05, 0) is 55.7 Å². The molecular formula is C17H22N2. The number of nitrogens with zero attached hydrogens (tertiary/aromatic N) is 1. The first-order valence-corrected chi connectivity index (χ1v) is 6.76. The maximum Gasteiger partial charge on any atom is 0.0430 e. The summed E-state index contributed by atoms with van der Waals surface area (Å²) < 4.78 is 0. The maximum absolute atomic E-state index is 5.98. The summed E-state index contributed by atoms with van der Waals surface area (Å²) in [6.07, 6.45) is 0. The van der Waals surface area contributed by atoms with Gasteiger partial charge in [0, 0.05) is 24.5 Å². The predicted octanol–water partition coefficient (Wildman–Crippen LogP) is 3.91.